The van der Waals surface area contributed by atoms with Crippen LogP contribution in [0.5, 0.6) is 0 Å². The lowest BCUT2D eigenvalue weighted by atomic mass is 10.0. The highest BCUT2D eigenvalue weighted by Crippen LogP contribution is 2.26. The molecule has 4 heteroatoms. The maximum absolute atomic E-state index is 13.2. The summed E-state index contributed by atoms with van der Waals surface area (Å²) >= 11 is 0. The first-order valence-corrected chi connectivity index (χ1v) is 4.51. The van der Waals surface area contributed by atoms with Gasteiger partial charge >= 0.3 is 0 Å². The minimum atomic E-state index is -2.78. The first-order valence-electron chi connectivity index (χ1n) is 4.51. The van der Waals surface area contributed by atoms with E-state index in [0.717, 1.165) is 6.07 Å². The van der Waals surface area contributed by atoms with Gasteiger partial charge in [-0.25, -0.2) is 13.2 Å². The van der Waals surface area contributed by atoms with Gasteiger partial charge in [0.2, 0.25) is 0 Å². The molecule has 0 aliphatic carbocycles. The molecule has 82 valence electrons. The average molecular weight is 215 g/mol. The number of hydrogen-bond donors (Lipinski definition) is 1. The summed E-state index contributed by atoms with van der Waals surface area (Å²) in [5.41, 5.74) is 5.50. The Morgan fingerprint density at radius 1 is 1.40 bits per heavy atom. The minimum Gasteiger partial charge on any atom is -0.327 e. The number of rotatable bonds is 3. The number of halogens is 3. The lowest BCUT2D eigenvalue weighted by Crippen LogP contribution is -1.96. The minimum absolute atomic E-state index is 0.252. The van der Waals surface area contributed by atoms with Crippen LogP contribution in [0.25, 0.3) is 6.08 Å². The Labute approximate surface area is 86.4 Å². The molecule has 15 heavy (non-hydrogen) atoms. The fraction of sp³-hybridized carbons (Fsp3) is 0.273. The van der Waals surface area contributed by atoms with Gasteiger partial charge in [0.05, 0.1) is 5.56 Å². The molecule has 0 radical (unpaired) electrons. The Morgan fingerprint density at radius 2 is 2.07 bits per heavy atom. The molecule has 0 bridgehead atoms. The Hall–Kier alpha value is -1.29. The van der Waals surface area contributed by atoms with E-state index in [-0.39, 0.29) is 5.56 Å². The molecular formula is C11H12F3N. The van der Waals surface area contributed by atoms with Crippen molar-refractivity contribution in [3.8, 4) is 0 Å². The fourth-order valence-electron chi connectivity index (χ4n) is 1.36. The third-order valence-corrected chi connectivity index (χ3v) is 2.02. The third-order valence-electron chi connectivity index (χ3n) is 2.02. The van der Waals surface area contributed by atoms with E-state index in [1.807, 2.05) is 0 Å². The molecule has 0 unspecified atom stereocenters. The zero-order valence-corrected chi connectivity index (χ0v) is 8.31. The van der Waals surface area contributed by atoms with Crippen LogP contribution in [0.4, 0.5) is 13.2 Å². The van der Waals surface area contributed by atoms with Gasteiger partial charge in [-0.3, -0.25) is 0 Å². The van der Waals surface area contributed by atoms with E-state index in [4.69, 9.17) is 5.73 Å². The number of aryl methyl sites for hydroxylation is 1. The van der Waals surface area contributed by atoms with Crippen LogP contribution in [0.1, 0.15) is 23.1 Å². The zero-order valence-electron chi connectivity index (χ0n) is 8.31. The molecule has 0 spiro atoms. The van der Waals surface area contributed by atoms with Crippen molar-refractivity contribution in [3.05, 3.63) is 40.7 Å². The number of alkyl halides is 2. The molecule has 0 saturated carbocycles. The van der Waals surface area contributed by atoms with Gasteiger partial charge in [-0.05, 0) is 24.1 Å². The molecule has 1 aromatic carbocycles. The van der Waals surface area contributed by atoms with Crippen molar-refractivity contribution in [2.75, 3.05) is 6.54 Å². The van der Waals surface area contributed by atoms with E-state index in [2.05, 4.69) is 0 Å². The Morgan fingerprint density at radius 3 is 2.53 bits per heavy atom. The smallest absolute Gasteiger partial charge is 0.266 e. The third kappa shape index (κ3) is 2.83. The van der Waals surface area contributed by atoms with E-state index >= 15 is 0 Å². The van der Waals surface area contributed by atoms with Gasteiger partial charge < -0.3 is 5.73 Å². The molecule has 0 aromatic heterocycles. The van der Waals surface area contributed by atoms with Crippen LogP contribution in [0.15, 0.2) is 18.2 Å². The maximum Gasteiger partial charge on any atom is 0.266 e. The average Bonchev–Trinajstić information content (AvgIpc) is 2.12. The molecule has 0 atom stereocenters. The summed E-state index contributed by atoms with van der Waals surface area (Å²) in [6.07, 6.45) is 0.458. The van der Waals surface area contributed by atoms with Crippen LogP contribution >= 0.6 is 0 Å². The highest BCUT2D eigenvalue weighted by atomic mass is 19.3. The maximum atomic E-state index is 13.2. The van der Waals surface area contributed by atoms with Crippen LogP contribution in [-0.2, 0) is 0 Å². The van der Waals surface area contributed by atoms with Crippen LogP contribution in [0.3, 0.4) is 0 Å². The fourth-order valence-corrected chi connectivity index (χ4v) is 1.36. The van der Waals surface area contributed by atoms with E-state index in [1.165, 1.54) is 13.0 Å². The van der Waals surface area contributed by atoms with Gasteiger partial charge in [0, 0.05) is 6.54 Å². The van der Waals surface area contributed by atoms with Gasteiger partial charge in [0.15, 0.2) is 0 Å². The van der Waals surface area contributed by atoms with Gasteiger partial charge in [0.25, 0.3) is 6.43 Å². The van der Waals surface area contributed by atoms with Gasteiger partial charge in [0.1, 0.15) is 5.82 Å². The number of hydrogen-bond acceptors (Lipinski definition) is 1. The van der Waals surface area contributed by atoms with Crippen LogP contribution in [0, 0.1) is 12.7 Å². The molecule has 1 aromatic rings. The molecule has 0 aliphatic heterocycles. The monoisotopic (exact) mass is 215 g/mol. The molecule has 0 saturated heterocycles. The normalized spacial score (nSPS) is 11.6. The second-order valence-corrected chi connectivity index (χ2v) is 3.17. The van der Waals surface area contributed by atoms with Crippen LogP contribution < -0.4 is 5.73 Å². The van der Waals surface area contributed by atoms with Crippen LogP contribution in [0.2, 0.25) is 0 Å². The predicted molar refractivity (Wildman–Crippen MR) is 54.2 cm³/mol. The highest BCUT2D eigenvalue weighted by Gasteiger charge is 2.16. The molecule has 1 rings (SSSR count). The quantitative estimate of drug-likeness (QED) is 0.823. The summed E-state index contributed by atoms with van der Waals surface area (Å²) in [7, 11) is 0. The van der Waals surface area contributed by atoms with Crippen molar-refractivity contribution in [2.24, 2.45) is 5.73 Å². The first-order chi connectivity index (χ1) is 7.06. The van der Waals surface area contributed by atoms with Crippen molar-refractivity contribution in [1.82, 2.24) is 0 Å². The van der Waals surface area contributed by atoms with Gasteiger partial charge in [-0.15, -0.1) is 0 Å². The van der Waals surface area contributed by atoms with Crippen molar-refractivity contribution < 1.29 is 13.2 Å². The lowest BCUT2D eigenvalue weighted by Gasteiger charge is -2.07. The number of benzene rings is 1. The summed E-state index contributed by atoms with van der Waals surface area (Å²) in [5, 5.41) is 0. The molecule has 0 aliphatic rings. The Kier molecular flexibility index (Phi) is 3.91. The summed E-state index contributed by atoms with van der Waals surface area (Å²) in [4.78, 5) is 0. The molecule has 0 fully saturated rings. The summed E-state index contributed by atoms with van der Waals surface area (Å²) in [6.45, 7) is 1.79. The van der Waals surface area contributed by atoms with Crippen molar-refractivity contribution in [3.63, 3.8) is 0 Å². The lowest BCUT2D eigenvalue weighted by molar-refractivity contribution is 0.145. The van der Waals surface area contributed by atoms with E-state index in [9.17, 15) is 13.2 Å². The molecule has 0 heterocycles. The topological polar surface area (TPSA) is 26.0 Å². The summed E-state index contributed by atoms with van der Waals surface area (Å²) in [5.74, 6) is -0.873. The molecular weight excluding hydrogens is 203 g/mol. The Balaban J connectivity index is 3.13. The summed E-state index contributed by atoms with van der Waals surface area (Å²) < 4.78 is 38.0. The zero-order chi connectivity index (χ0) is 11.4. The van der Waals surface area contributed by atoms with Crippen molar-refractivity contribution >= 4 is 6.08 Å². The molecule has 0 amide bonds. The second kappa shape index (κ2) is 4.98. The van der Waals surface area contributed by atoms with Crippen molar-refractivity contribution in [1.29, 1.82) is 0 Å². The second-order valence-electron chi connectivity index (χ2n) is 3.17. The summed E-state index contributed by atoms with van der Waals surface area (Å²) in [6, 6.07) is 2.59. The Bertz CT molecular complexity index is 349. The van der Waals surface area contributed by atoms with Gasteiger partial charge in [-0.1, -0.05) is 18.2 Å². The van der Waals surface area contributed by atoms with E-state index in [0.29, 0.717) is 12.1 Å². The molecule has 1 nitrogen and oxygen atoms in total. The van der Waals surface area contributed by atoms with E-state index in [1.54, 1.807) is 12.2 Å². The predicted octanol–water partition coefficient (Wildman–Crippen LogP) is 3.04. The SMILES string of the molecule is Cc1cc(/C=C/CN)cc(F)c1C(F)F. The standard InChI is InChI=1S/C11H12F3N/c1-7-5-8(3-2-4-15)6-9(12)10(7)11(13)14/h2-3,5-6,11H,4,15H2,1H3/b3-2+. The highest BCUT2D eigenvalue weighted by molar-refractivity contribution is 5.52. The van der Waals surface area contributed by atoms with E-state index < -0.39 is 17.8 Å². The van der Waals surface area contributed by atoms with Crippen molar-refractivity contribution in [2.45, 2.75) is 13.3 Å². The number of nitrogens with two attached hydrogens (primary N) is 1. The van der Waals surface area contributed by atoms with Crippen LogP contribution in [-0.4, -0.2) is 6.54 Å². The largest absolute Gasteiger partial charge is 0.327 e. The van der Waals surface area contributed by atoms with Gasteiger partial charge in [-0.2, -0.15) is 0 Å². The molecule has 2 N–H and O–H groups in total. The first kappa shape index (κ1) is 11.8.